The number of amides is 2. The van der Waals surface area contributed by atoms with Crippen molar-refractivity contribution in [2.75, 3.05) is 26.2 Å². The van der Waals surface area contributed by atoms with Crippen molar-refractivity contribution in [1.82, 2.24) is 15.1 Å². The van der Waals surface area contributed by atoms with E-state index in [0.29, 0.717) is 26.2 Å². The summed E-state index contributed by atoms with van der Waals surface area (Å²) in [6, 6.07) is 2.24. The van der Waals surface area contributed by atoms with Crippen molar-refractivity contribution >= 4 is 11.8 Å². The highest BCUT2D eigenvalue weighted by Crippen LogP contribution is 2.27. The largest absolute Gasteiger partial charge is 0.372 e. The zero-order valence-corrected chi connectivity index (χ0v) is 16.5. The first-order chi connectivity index (χ1) is 13.0. The molecule has 0 spiro atoms. The van der Waals surface area contributed by atoms with Crippen molar-refractivity contribution in [3.63, 3.8) is 0 Å². The number of carbonyl (C=O) groups excluding carboxylic acids is 2. The Labute approximate surface area is 162 Å². The summed E-state index contributed by atoms with van der Waals surface area (Å²) >= 11 is 0. The van der Waals surface area contributed by atoms with Gasteiger partial charge in [-0.2, -0.15) is 5.26 Å². The van der Waals surface area contributed by atoms with E-state index in [1.54, 1.807) is 4.90 Å². The van der Waals surface area contributed by atoms with Gasteiger partial charge in [0.05, 0.1) is 24.8 Å². The summed E-state index contributed by atoms with van der Waals surface area (Å²) in [5.41, 5.74) is 0. The maximum atomic E-state index is 12.8. The van der Waals surface area contributed by atoms with E-state index in [9.17, 15) is 9.59 Å². The van der Waals surface area contributed by atoms with E-state index in [4.69, 9.17) is 10.00 Å². The van der Waals surface area contributed by atoms with E-state index in [1.165, 1.54) is 0 Å². The van der Waals surface area contributed by atoms with Crippen LogP contribution in [0.25, 0.3) is 0 Å². The van der Waals surface area contributed by atoms with Gasteiger partial charge in [0, 0.05) is 31.6 Å². The molecule has 2 aliphatic heterocycles. The van der Waals surface area contributed by atoms with Crippen LogP contribution in [-0.4, -0.2) is 72.1 Å². The van der Waals surface area contributed by atoms with E-state index in [2.05, 4.69) is 11.4 Å². The van der Waals surface area contributed by atoms with Gasteiger partial charge >= 0.3 is 0 Å². The summed E-state index contributed by atoms with van der Waals surface area (Å²) in [5, 5.41) is 12.5. The van der Waals surface area contributed by atoms with Crippen LogP contribution in [-0.2, 0) is 14.3 Å². The summed E-state index contributed by atoms with van der Waals surface area (Å²) in [7, 11) is 0. The number of hydrogen-bond acceptors (Lipinski definition) is 5. The van der Waals surface area contributed by atoms with E-state index >= 15 is 0 Å². The topological polar surface area (TPSA) is 85.7 Å². The fourth-order valence-corrected chi connectivity index (χ4v) is 4.69. The third-order valence-electron chi connectivity index (χ3n) is 6.07. The van der Waals surface area contributed by atoms with Gasteiger partial charge in [0.1, 0.15) is 6.04 Å². The molecule has 3 fully saturated rings. The number of nitrogens with zero attached hydrogens (tertiary/aromatic N) is 3. The third-order valence-corrected chi connectivity index (χ3v) is 6.07. The lowest BCUT2D eigenvalue weighted by Gasteiger charge is -2.38. The first-order valence-electron chi connectivity index (χ1n) is 10.3. The van der Waals surface area contributed by atoms with E-state index in [-0.39, 0.29) is 42.0 Å². The standard InChI is InChI=1S/C20H32N4O3/c1-14-12-23(13-15(2)27-14)20(26)16-5-7-17(8-6-16)22-11-19(25)24-9-3-4-18(24)10-21/h14-18,22H,3-9,11-13H2,1-2H3/t14-,15+,16?,17?,18-/m0/s1. The van der Waals surface area contributed by atoms with Crippen LogP contribution in [0.2, 0.25) is 0 Å². The molecule has 7 nitrogen and oxygen atoms in total. The second kappa shape index (κ2) is 9.03. The van der Waals surface area contributed by atoms with Gasteiger partial charge in [-0.25, -0.2) is 0 Å². The molecule has 0 radical (unpaired) electrons. The molecule has 3 atom stereocenters. The second-order valence-corrected chi connectivity index (χ2v) is 8.30. The predicted molar refractivity (Wildman–Crippen MR) is 101 cm³/mol. The van der Waals surface area contributed by atoms with Crippen LogP contribution in [0, 0.1) is 17.2 Å². The average Bonchev–Trinajstić information content (AvgIpc) is 3.14. The van der Waals surface area contributed by atoms with Crippen LogP contribution in [0.4, 0.5) is 0 Å². The Morgan fingerprint density at radius 1 is 1.11 bits per heavy atom. The minimum absolute atomic E-state index is 0.0218. The summed E-state index contributed by atoms with van der Waals surface area (Å²) in [4.78, 5) is 28.8. The number of nitrogens with one attached hydrogen (secondary N) is 1. The number of rotatable bonds is 4. The number of nitriles is 1. The van der Waals surface area contributed by atoms with Gasteiger partial charge in [0.15, 0.2) is 0 Å². The molecule has 3 rings (SSSR count). The van der Waals surface area contributed by atoms with Gasteiger partial charge in [0.2, 0.25) is 11.8 Å². The van der Waals surface area contributed by atoms with Crippen molar-refractivity contribution in [3.8, 4) is 6.07 Å². The highest BCUT2D eigenvalue weighted by Gasteiger charge is 2.34. The lowest BCUT2D eigenvalue weighted by atomic mass is 9.85. The Hall–Kier alpha value is -1.65. The molecule has 0 aromatic heterocycles. The highest BCUT2D eigenvalue weighted by molar-refractivity contribution is 5.80. The summed E-state index contributed by atoms with van der Waals surface area (Å²) in [6.45, 7) is 6.39. The molecular weight excluding hydrogens is 344 g/mol. The molecule has 1 saturated carbocycles. The van der Waals surface area contributed by atoms with Crippen LogP contribution in [0.15, 0.2) is 0 Å². The maximum absolute atomic E-state index is 12.8. The Morgan fingerprint density at radius 3 is 2.41 bits per heavy atom. The van der Waals surface area contributed by atoms with Crippen molar-refractivity contribution in [1.29, 1.82) is 5.26 Å². The lowest BCUT2D eigenvalue weighted by molar-refractivity contribution is -0.148. The SMILES string of the molecule is C[C@@H]1CN(C(=O)C2CCC(NCC(=O)N3CCC[C@H]3C#N)CC2)C[C@H](C)O1. The molecule has 1 aliphatic carbocycles. The Bertz CT molecular complexity index is 572. The van der Waals surface area contributed by atoms with Gasteiger partial charge in [-0.15, -0.1) is 0 Å². The zero-order valence-electron chi connectivity index (χ0n) is 16.5. The molecule has 0 aromatic carbocycles. The first kappa shape index (κ1) is 20.1. The van der Waals surface area contributed by atoms with Gasteiger partial charge in [-0.3, -0.25) is 9.59 Å². The zero-order chi connectivity index (χ0) is 19.4. The molecule has 1 N–H and O–H groups in total. The number of carbonyl (C=O) groups is 2. The van der Waals surface area contributed by atoms with Crippen molar-refractivity contribution in [2.45, 2.75) is 76.7 Å². The molecular formula is C20H32N4O3. The average molecular weight is 377 g/mol. The fraction of sp³-hybridized carbons (Fsp3) is 0.850. The molecule has 0 unspecified atom stereocenters. The van der Waals surface area contributed by atoms with E-state index < -0.39 is 0 Å². The molecule has 2 saturated heterocycles. The molecule has 3 aliphatic rings. The van der Waals surface area contributed by atoms with Crippen LogP contribution >= 0.6 is 0 Å². The van der Waals surface area contributed by atoms with Crippen molar-refractivity contribution in [2.24, 2.45) is 5.92 Å². The number of morpholine rings is 1. The predicted octanol–water partition coefficient (Wildman–Crippen LogP) is 1.29. The second-order valence-electron chi connectivity index (χ2n) is 8.30. The molecule has 150 valence electrons. The van der Waals surface area contributed by atoms with E-state index in [1.807, 2.05) is 18.7 Å². The quantitative estimate of drug-likeness (QED) is 0.799. The summed E-state index contributed by atoms with van der Waals surface area (Å²) < 4.78 is 5.72. The van der Waals surface area contributed by atoms with Crippen LogP contribution < -0.4 is 5.32 Å². The fourth-order valence-electron chi connectivity index (χ4n) is 4.69. The molecule has 2 heterocycles. The minimum Gasteiger partial charge on any atom is -0.372 e. The monoisotopic (exact) mass is 376 g/mol. The van der Waals surface area contributed by atoms with Crippen LogP contribution in [0.3, 0.4) is 0 Å². The van der Waals surface area contributed by atoms with E-state index in [0.717, 1.165) is 38.5 Å². The van der Waals surface area contributed by atoms with Crippen LogP contribution in [0.5, 0.6) is 0 Å². The van der Waals surface area contributed by atoms with Gasteiger partial charge in [-0.05, 0) is 52.4 Å². The molecule has 7 heteroatoms. The lowest BCUT2D eigenvalue weighted by Crippen LogP contribution is -2.51. The number of ether oxygens (including phenoxy) is 1. The molecule has 0 bridgehead atoms. The normalized spacial score (nSPS) is 34.3. The number of likely N-dealkylation sites (tertiary alicyclic amines) is 1. The van der Waals surface area contributed by atoms with Gasteiger partial charge < -0.3 is 19.9 Å². The Balaban J connectivity index is 1.40. The van der Waals surface area contributed by atoms with Gasteiger partial charge in [0.25, 0.3) is 0 Å². The summed E-state index contributed by atoms with van der Waals surface area (Å²) in [6.07, 6.45) is 5.48. The Kier molecular flexibility index (Phi) is 6.72. The van der Waals surface area contributed by atoms with Crippen molar-refractivity contribution < 1.29 is 14.3 Å². The third kappa shape index (κ3) is 4.99. The van der Waals surface area contributed by atoms with Crippen LogP contribution in [0.1, 0.15) is 52.4 Å². The van der Waals surface area contributed by atoms with Crippen molar-refractivity contribution in [3.05, 3.63) is 0 Å². The first-order valence-corrected chi connectivity index (χ1v) is 10.3. The molecule has 2 amide bonds. The minimum atomic E-state index is -0.258. The smallest absolute Gasteiger partial charge is 0.237 e. The molecule has 0 aromatic rings. The Morgan fingerprint density at radius 2 is 1.78 bits per heavy atom. The maximum Gasteiger partial charge on any atom is 0.237 e. The molecule has 27 heavy (non-hydrogen) atoms. The number of hydrogen-bond donors (Lipinski definition) is 1. The summed E-state index contributed by atoms with van der Waals surface area (Å²) in [5.74, 6) is 0.381. The highest BCUT2D eigenvalue weighted by atomic mass is 16.5. The van der Waals surface area contributed by atoms with Gasteiger partial charge in [-0.1, -0.05) is 0 Å².